The van der Waals surface area contributed by atoms with E-state index in [1.807, 2.05) is 0 Å². The van der Waals surface area contributed by atoms with Crippen molar-refractivity contribution in [1.82, 2.24) is 4.90 Å². The van der Waals surface area contributed by atoms with Crippen LogP contribution in [0, 0.1) is 10.1 Å². The number of carbonyl (C=O) groups excluding carboxylic acids is 2. The maximum atomic E-state index is 12.4. The van der Waals surface area contributed by atoms with Crippen molar-refractivity contribution in [2.45, 2.75) is 13.0 Å². The zero-order chi connectivity index (χ0) is 18.4. The van der Waals surface area contributed by atoms with Crippen molar-refractivity contribution in [1.29, 1.82) is 0 Å². The number of hydrogen-bond donors (Lipinski definition) is 2. The lowest BCUT2D eigenvalue weighted by atomic mass is 10.2. The van der Waals surface area contributed by atoms with Gasteiger partial charge in [-0.1, -0.05) is 12.1 Å². The predicted octanol–water partition coefficient (Wildman–Crippen LogP) is -0.705. The number of likely N-dealkylation sites (N-methyl/N-ethyl adjacent to an activating group) is 1. The first kappa shape index (κ1) is 18.8. The Morgan fingerprint density at radius 3 is 2.64 bits per heavy atom. The van der Waals surface area contributed by atoms with Gasteiger partial charge in [-0.25, -0.2) is 0 Å². The van der Waals surface area contributed by atoms with Crippen LogP contribution in [-0.2, 0) is 14.3 Å². The zero-order valence-electron chi connectivity index (χ0n) is 14.4. The summed E-state index contributed by atoms with van der Waals surface area (Å²) in [6.07, 6.45) is 0. The number of morpholine rings is 1. The first-order chi connectivity index (χ1) is 11.9. The molecule has 0 bridgehead atoms. The molecule has 1 aromatic rings. The summed E-state index contributed by atoms with van der Waals surface area (Å²) in [5.41, 5.74) is -0.0123. The SMILES string of the molecule is C[C@H](C(=O)Nc1ccccc1[N+](=O)[O-])[NH+](C)CC(=O)N1CCOCC1. The molecule has 136 valence electrons. The van der Waals surface area contributed by atoms with Crippen molar-refractivity contribution in [3.8, 4) is 0 Å². The van der Waals surface area contributed by atoms with E-state index >= 15 is 0 Å². The van der Waals surface area contributed by atoms with E-state index in [0.717, 1.165) is 0 Å². The number of carbonyl (C=O) groups is 2. The van der Waals surface area contributed by atoms with Gasteiger partial charge in [0.1, 0.15) is 5.69 Å². The van der Waals surface area contributed by atoms with Gasteiger partial charge in [0.25, 0.3) is 17.5 Å². The molecule has 1 aliphatic rings. The van der Waals surface area contributed by atoms with Gasteiger partial charge < -0.3 is 19.9 Å². The molecule has 2 rings (SSSR count). The summed E-state index contributed by atoms with van der Waals surface area (Å²) < 4.78 is 5.22. The molecule has 2 atom stereocenters. The number of amides is 2. The second kappa shape index (κ2) is 8.54. The molecule has 1 heterocycles. The van der Waals surface area contributed by atoms with Gasteiger partial charge in [0.2, 0.25) is 0 Å². The largest absolute Gasteiger partial charge is 0.378 e. The van der Waals surface area contributed by atoms with Crippen LogP contribution < -0.4 is 10.2 Å². The lowest BCUT2D eigenvalue weighted by Crippen LogP contribution is -3.15. The van der Waals surface area contributed by atoms with Crippen LogP contribution in [0.1, 0.15) is 6.92 Å². The van der Waals surface area contributed by atoms with Crippen molar-refractivity contribution >= 4 is 23.2 Å². The predicted molar refractivity (Wildman–Crippen MR) is 90.3 cm³/mol. The number of anilines is 1. The fourth-order valence-electron chi connectivity index (χ4n) is 2.52. The molecular formula is C16H23N4O5+. The lowest BCUT2D eigenvalue weighted by molar-refractivity contribution is -0.886. The van der Waals surface area contributed by atoms with Gasteiger partial charge >= 0.3 is 0 Å². The average molecular weight is 351 g/mol. The van der Waals surface area contributed by atoms with Crippen molar-refractivity contribution in [2.75, 3.05) is 45.2 Å². The topological polar surface area (TPSA) is 106 Å². The van der Waals surface area contributed by atoms with E-state index in [0.29, 0.717) is 31.2 Å². The average Bonchev–Trinajstić information content (AvgIpc) is 2.61. The summed E-state index contributed by atoms with van der Waals surface area (Å²) in [6.45, 7) is 4.03. The number of nitro benzene ring substituents is 1. The molecule has 1 saturated heterocycles. The Bertz CT molecular complexity index is 645. The van der Waals surface area contributed by atoms with Crippen LogP contribution in [0.2, 0.25) is 0 Å². The second-order valence-corrected chi connectivity index (χ2v) is 6.00. The molecule has 0 aromatic heterocycles. The molecule has 1 fully saturated rings. The minimum absolute atomic E-state index is 0.0360. The van der Waals surface area contributed by atoms with Gasteiger partial charge in [-0.3, -0.25) is 19.7 Å². The van der Waals surface area contributed by atoms with E-state index in [1.165, 1.54) is 18.2 Å². The van der Waals surface area contributed by atoms with Gasteiger partial charge in [0.05, 0.1) is 25.2 Å². The number of hydrogen-bond acceptors (Lipinski definition) is 5. The van der Waals surface area contributed by atoms with Crippen molar-refractivity contribution in [2.24, 2.45) is 0 Å². The Kier molecular flexibility index (Phi) is 6.43. The summed E-state index contributed by atoms with van der Waals surface area (Å²) in [7, 11) is 1.75. The molecule has 0 aliphatic carbocycles. The molecule has 1 unspecified atom stereocenters. The maximum absolute atomic E-state index is 12.4. The van der Waals surface area contributed by atoms with Gasteiger partial charge in [-0.05, 0) is 13.0 Å². The fourth-order valence-corrected chi connectivity index (χ4v) is 2.52. The normalized spacial score (nSPS) is 16.8. The number of quaternary nitrogens is 1. The molecule has 2 N–H and O–H groups in total. The van der Waals surface area contributed by atoms with Crippen LogP contribution in [0.3, 0.4) is 0 Å². The minimum Gasteiger partial charge on any atom is -0.378 e. The molecule has 9 nitrogen and oxygen atoms in total. The standard InChI is InChI=1S/C16H22N4O5/c1-12(18(2)11-15(21)19-7-9-25-10-8-19)16(22)17-13-5-3-4-6-14(13)20(23)24/h3-6,12H,7-11H2,1-2H3,(H,17,22)/p+1/t12-/m1/s1. The van der Waals surface area contributed by atoms with Crippen LogP contribution >= 0.6 is 0 Å². The third-order valence-corrected chi connectivity index (χ3v) is 4.28. The molecule has 2 amide bonds. The van der Waals surface area contributed by atoms with Crippen molar-refractivity contribution in [3.05, 3.63) is 34.4 Å². The van der Waals surface area contributed by atoms with Crippen molar-refractivity contribution in [3.63, 3.8) is 0 Å². The number of rotatable bonds is 6. The molecule has 0 saturated carbocycles. The van der Waals surface area contributed by atoms with E-state index in [2.05, 4.69) is 5.32 Å². The molecule has 0 spiro atoms. The highest BCUT2D eigenvalue weighted by atomic mass is 16.6. The van der Waals surface area contributed by atoms with E-state index < -0.39 is 11.0 Å². The number of ether oxygens (including phenoxy) is 1. The molecule has 0 radical (unpaired) electrons. The monoisotopic (exact) mass is 351 g/mol. The van der Waals surface area contributed by atoms with Gasteiger partial charge in [0.15, 0.2) is 12.6 Å². The summed E-state index contributed by atoms with van der Waals surface area (Å²) in [4.78, 5) is 37.6. The summed E-state index contributed by atoms with van der Waals surface area (Å²) in [5.74, 6) is -0.410. The van der Waals surface area contributed by atoms with Crippen LogP contribution in [-0.4, -0.2) is 67.6 Å². The van der Waals surface area contributed by atoms with Gasteiger partial charge in [-0.15, -0.1) is 0 Å². The smallest absolute Gasteiger partial charge is 0.292 e. The first-order valence-corrected chi connectivity index (χ1v) is 8.12. The van der Waals surface area contributed by atoms with E-state index in [9.17, 15) is 19.7 Å². The Morgan fingerprint density at radius 2 is 2.00 bits per heavy atom. The highest BCUT2D eigenvalue weighted by molar-refractivity contribution is 5.95. The Balaban J connectivity index is 1.94. The summed E-state index contributed by atoms with van der Waals surface area (Å²) >= 11 is 0. The summed E-state index contributed by atoms with van der Waals surface area (Å²) in [6, 6.07) is 5.43. The van der Waals surface area contributed by atoms with E-state index in [1.54, 1.807) is 24.9 Å². The van der Waals surface area contributed by atoms with Crippen LogP contribution in [0.25, 0.3) is 0 Å². The molecule has 9 heteroatoms. The Hall–Kier alpha value is -2.52. The fraction of sp³-hybridized carbons (Fsp3) is 0.500. The van der Waals surface area contributed by atoms with Crippen LogP contribution in [0.5, 0.6) is 0 Å². The number of para-hydroxylation sites is 2. The third kappa shape index (κ3) is 4.97. The number of nitro groups is 1. The maximum Gasteiger partial charge on any atom is 0.292 e. The van der Waals surface area contributed by atoms with E-state index in [4.69, 9.17) is 4.74 Å². The van der Waals surface area contributed by atoms with E-state index in [-0.39, 0.29) is 29.7 Å². The van der Waals surface area contributed by atoms with Crippen molar-refractivity contribution < 1.29 is 24.1 Å². The lowest BCUT2D eigenvalue weighted by Gasteiger charge is -2.28. The van der Waals surface area contributed by atoms with Gasteiger partial charge in [-0.2, -0.15) is 0 Å². The summed E-state index contributed by atoms with van der Waals surface area (Å²) in [5, 5.41) is 13.6. The highest BCUT2D eigenvalue weighted by Crippen LogP contribution is 2.23. The number of nitrogens with zero attached hydrogens (tertiary/aromatic N) is 2. The second-order valence-electron chi connectivity index (χ2n) is 6.00. The first-order valence-electron chi connectivity index (χ1n) is 8.12. The zero-order valence-corrected chi connectivity index (χ0v) is 14.4. The Morgan fingerprint density at radius 1 is 1.36 bits per heavy atom. The minimum atomic E-state index is -0.543. The molecular weight excluding hydrogens is 328 g/mol. The molecule has 1 aromatic carbocycles. The van der Waals surface area contributed by atoms with Crippen LogP contribution in [0.15, 0.2) is 24.3 Å². The molecule has 1 aliphatic heterocycles. The quantitative estimate of drug-likeness (QED) is 0.520. The number of nitrogens with one attached hydrogen (secondary N) is 2. The van der Waals surface area contributed by atoms with Crippen LogP contribution in [0.4, 0.5) is 11.4 Å². The third-order valence-electron chi connectivity index (χ3n) is 4.28. The van der Waals surface area contributed by atoms with Gasteiger partial charge in [0, 0.05) is 19.2 Å². The molecule has 25 heavy (non-hydrogen) atoms. The number of benzene rings is 1. The highest BCUT2D eigenvalue weighted by Gasteiger charge is 2.28. The Labute approximate surface area is 145 Å².